The number of carbonyl (C=O) groups is 2. The maximum absolute atomic E-state index is 13.7. The molecule has 3 N–H and O–H groups in total. The summed E-state index contributed by atoms with van der Waals surface area (Å²) in [6, 6.07) is 13.8. The molecular formula is C26H20F3N5O3. The second-order valence-corrected chi connectivity index (χ2v) is 8.66. The van der Waals surface area contributed by atoms with E-state index in [4.69, 9.17) is 5.73 Å². The van der Waals surface area contributed by atoms with Crippen LogP contribution in [0.25, 0.3) is 22.5 Å². The zero-order chi connectivity index (χ0) is 26.5. The van der Waals surface area contributed by atoms with Gasteiger partial charge in [-0.05, 0) is 58.7 Å². The molecule has 4 aromatic rings. The van der Waals surface area contributed by atoms with Crippen LogP contribution in [0.3, 0.4) is 0 Å². The van der Waals surface area contributed by atoms with Crippen molar-refractivity contribution in [2.45, 2.75) is 19.3 Å². The quantitative estimate of drug-likeness (QED) is 0.425. The molecule has 0 fully saturated rings. The Labute approximate surface area is 208 Å². The van der Waals surface area contributed by atoms with E-state index < -0.39 is 30.2 Å². The van der Waals surface area contributed by atoms with Gasteiger partial charge in [0, 0.05) is 29.4 Å². The number of alkyl halides is 3. The fourth-order valence-corrected chi connectivity index (χ4v) is 4.52. The normalized spacial score (nSPS) is 13.2. The Morgan fingerprint density at radius 1 is 1.08 bits per heavy atom. The van der Waals surface area contributed by atoms with E-state index in [-0.39, 0.29) is 28.8 Å². The number of primary amides is 1. The number of amides is 2. The Hall–Kier alpha value is -4.51. The van der Waals surface area contributed by atoms with Crippen LogP contribution < -0.4 is 10.6 Å². The summed E-state index contributed by atoms with van der Waals surface area (Å²) in [6.07, 6.45) is -3.17. The lowest BCUT2D eigenvalue weighted by Crippen LogP contribution is -2.23. The molecule has 2 amide bonds. The fraction of sp³-hybridized carbons (Fsp3) is 0.154. The molecule has 0 saturated heterocycles. The smallest absolute Gasteiger partial charge is 0.392 e. The molecule has 0 bridgehead atoms. The summed E-state index contributed by atoms with van der Waals surface area (Å²) in [6.45, 7) is -0.889. The van der Waals surface area contributed by atoms with Gasteiger partial charge >= 0.3 is 6.18 Å². The first-order valence-corrected chi connectivity index (χ1v) is 11.1. The highest BCUT2D eigenvalue weighted by molar-refractivity contribution is 6.10. The molecule has 188 valence electrons. The molecule has 1 aliphatic heterocycles. The number of halogens is 3. The second-order valence-electron chi connectivity index (χ2n) is 8.66. The molecule has 0 spiro atoms. The number of aryl methyl sites for hydroxylation is 1. The summed E-state index contributed by atoms with van der Waals surface area (Å²) in [5.41, 5.74) is 6.84. The summed E-state index contributed by atoms with van der Waals surface area (Å²) >= 11 is 0. The van der Waals surface area contributed by atoms with Crippen molar-refractivity contribution in [2.75, 3.05) is 4.90 Å². The standard InChI is InChI=1S/C26H20F3N5O3/c1-33-13-31-32-24(33)19-10-16(23(30)36)5-6-18(19)15-3-2-4-17(9-15)34-11-21-20(25(34)37)7-14(12-35)8-22(21)26(27,28)29/h2-10,13,35H,11-12H2,1H3,(H2,30,36). The molecule has 1 aromatic heterocycles. The van der Waals surface area contributed by atoms with Crippen LogP contribution in [-0.2, 0) is 26.4 Å². The molecule has 0 atom stereocenters. The van der Waals surface area contributed by atoms with Gasteiger partial charge in [-0.2, -0.15) is 13.2 Å². The number of hydrogen-bond donors (Lipinski definition) is 2. The third kappa shape index (κ3) is 4.23. The Morgan fingerprint density at radius 2 is 1.86 bits per heavy atom. The van der Waals surface area contributed by atoms with Crippen LogP contribution >= 0.6 is 0 Å². The summed E-state index contributed by atoms with van der Waals surface area (Å²) in [7, 11) is 1.74. The summed E-state index contributed by atoms with van der Waals surface area (Å²) in [5, 5.41) is 17.5. The monoisotopic (exact) mass is 507 g/mol. The second kappa shape index (κ2) is 8.86. The Kier molecular flexibility index (Phi) is 5.79. The number of carbonyl (C=O) groups excluding carboxylic acids is 2. The van der Waals surface area contributed by atoms with Crippen molar-refractivity contribution >= 4 is 17.5 Å². The lowest BCUT2D eigenvalue weighted by molar-refractivity contribution is -0.138. The lowest BCUT2D eigenvalue weighted by atomic mass is 9.96. The average molecular weight is 507 g/mol. The zero-order valence-electron chi connectivity index (χ0n) is 19.5. The van der Waals surface area contributed by atoms with Crippen molar-refractivity contribution in [3.05, 3.63) is 88.7 Å². The van der Waals surface area contributed by atoms with Crippen molar-refractivity contribution in [1.82, 2.24) is 14.8 Å². The zero-order valence-corrected chi connectivity index (χ0v) is 19.5. The van der Waals surface area contributed by atoms with Gasteiger partial charge in [0.1, 0.15) is 6.33 Å². The summed E-state index contributed by atoms with van der Waals surface area (Å²) < 4.78 is 42.9. The van der Waals surface area contributed by atoms with E-state index in [1.165, 1.54) is 17.3 Å². The third-order valence-electron chi connectivity index (χ3n) is 6.31. The maximum atomic E-state index is 13.7. The fourth-order valence-electron chi connectivity index (χ4n) is 4.52. The summed E-state index contributed by atoms with van der Waals surface area (Å²) in [5.74, 6) is -0.739. The topological polar surface area (TPSA) is 114 Å². The Balaban J connectivity index is 1.60. The van der Waals surface area contributed by atoms with E-state index in [1.54, 1.807) is 54.1 Å². The highest BCUT2D eigenvalue weighted by Crippen LogP contribution is 2.40. The molecule has 0 saturated carbocycles. The number of aliphatic hydroxyl groups excluding tert-OH is 1. The molecule has 0 unspecified atom stereocenters. The van der Waals surface area contributed by atoms with Gasteiger partial charge in [-0.3, -0.25) is 9.59 Å². The minimum Gasteiger partial charge on any atom is -0.392 e. The number of benzene rings is 3. The first-order valence-electron chi connectivity index (χ1n) is 11.1. The number of aromatic nitrogens is 3. The van der Waals surface area contributed by atoms with Crippen LogP contribution in [0.5, 0.6) is 0 Å². The first kappa shape index (κ1) is 24.2. The van der Waals surface area contributed by atoms with Crippen molar-refractivity contribution in [3.8, 4) is 22.5 Å². The molecule has 3 aromatic carbocycles. The van der Waals surface area contributed by atoms with Gasteiger partial charge in [0.15, 0.2) is 5.82 Å². The number of aliphatic hydroxyl groups is 1. The van der Waals surface area contributed by atoms with Gasteiger partial charge in [0.05, 0.1) is 18.7 Å². The molecule has 0 radical (unpaired) electrons. The lowest BCUT2D eigenvalue weighted by Gasteiger charge is -2.18. The molecule has 37 heavy (non-hydrogen) atoms. The van der Waals surface area contributed by atoms with E-state index in [0.717, 1.165) is 6.07 Å². The van der Waals surface area contributed by atoms with Gasteiger partial charge in [0.2, 0.25) is 5.91 Å². The number of fused-ring (bicyclic) bond motifs is 1. The third-order valence-corrected chi connectivity index (χ3v) is 6.31. The van der Waals surface area contributed by atoms with Crippen molar-refractivity contribution in [2.24, 2.45) is 12.8 Å². The molecule has 5 rings (SSSR count). The van der Waals surface area contributed by atoms with Crippen molar-refractivity contribution in [3.63, 3.8) is 0 Å². The van der Waals surface area contributed by atoms with E-state index >= 15 is 0 Å². The predicted molar refractivity (Wildman–Crippen MR) is 128 cm³/mol. The van der Waals surface area contributed by atoms with E-state index in [1.807, 2.05) is 0 Å². The molecule has 2 heterocycles. The number of anilines is 1. The van der Waals surface area contributed by atoms with Gasteiger partial charge in [0.25, 0.3) is 5.91 Å². The van der Waals surface area contributed by atoms with Gasteiger partial charge in [-0.25, -0.2) is 0 Å². The average Bonchev–Trinajstić information content (AvgIpc) is 3.45. The van der Waals surface area contributed by atoms with Crippen molar-refractivity contribution < 1.29 is 27.9 Å². The van der Waals surface area contributed by atoms with Crippen LogP contribution in [-0.4, -0.2) is 31.7 Å². The molecule has 0 aliphatic carbocycles. The molecule has 8 nitrogen and oxygen atoms in total. The molecule has 1 aliphatic rings. The number of nitrogens with zero attached hydrogens (tertiary/aromatic N) is 4. The van der Waals surface area contributed by atoms with Gasteiger partial charge in [-0.15, -0.1) is 10.2 Å². The Morgan fingerprint density at radius 3 is 2.51 bits per heavy atom. The maximum Gasteiger partial charge on any atom is 0.416 e. The molecular weight excluding hydrogens is 487 g/mol. The van der Waals surface area contributed by atoms with Gasteiger partial charge < -0.3 is 20.3 Å². The minimum absolute atomic E-state index is 0.0119. The van der Waals surface area contributed by atoms with Crippen LogP contribution in [0.1, 0.15) is 37.4 Å². The first-order chi connectivity index (χ1) is 17.6. The van der Waals surface area contributed by atoms with Gasteiger partial charge in [-0.1, -0.05) is 18.2 Å². The van der Waals surface area contributed by atoms with Crippen LogP contribution in [0.4, 0.5) is 18.9 Å². The summed E-state index contributed by atoms with van der Waals surface area (Å²) in [4.78, 5) is 26.3. The highest BCUT2D eigenvalue weighted by atomic mass is 19.4. The highest BCUT2D eigenvalue weighted by Gasteiger charge is 2.40. The van der Waals surface area contributed by atoms with Crippen LogP contribution in [0.2, 0.25) is 0 Å². The number of rotatable bonds is 5. The predicted octanol–water partition coefficient (Wildman–Crippen LogP) is 3.92. The van der Waals surface area contributed by atoms with Crippen LogP contribution in [0, 0.1) is 0 Å². The number of nitrogens with two attached hydrogens (primary N) is 1. The van der Waals surface area contributed by atoms with Crippen molar-refractivity contribution in [1.29, 1.82) is 0 Å². The SMILES string of the molecule is Cn1cnnc1-c1cc(C(N)=O)ccc1-c1cccc(N2Cc3c(cc(CO)cc3C(F)(F)F)C2=O)c1. The van der Waals surface area contributed by atoms with E-state index in [2.05, 4.69) is 10.2 Å². The van der Waals surface area contributed by atoms with E-state index in [9.17, 15) is 27.9 Å². The molecule has 11 heteroatoms. The largest absolute Gasteiger partial charge is 0.416 e. The van der Waals surface area contributed by atoms with Crippen LogP contribution in [0.15, 0.2) is 60.9 Å². The number of hydrogen-bond acceptors (Lipinski definition) is 5. The minimum atomic E-state index is -4.68. The Bertz CT molecular complexity index is 1560. The van der Waals surface area contributed by atoms with E-state index in [0.29, 0.717) is 28.2 Å².